The van der Waals surface area contributed by atoms with Crippen LogP contribution in [0, 0.1) is 0 Å². The number of hydroxylamine groups is 1. The lowest BCUT2D eigenvalue weighted by Crippen LogP contribution is -2.50. The topological polar surface area (TPSA) is 106 Å². The standard InChI is InChI=1S/C21H34N4O5/c1-16(26)30-23-19(22)17-6-8-18(9-7-17)28-15-5-10-24-11-13-25(14-12-24)20(27)29-21(2,3)4/h6-9,19,23H,5,10-15,22H2,1-4H3. The van der Waals surface area contributed by atoms with Gasteiger partial charge < -0.3 is 24.9 Å². The van der Waals surface area contributed by atoms with Crippen molar-refractivity contribution in [3.05, 3.63) is 29.8 Å². The summed E-state index contributed by atoms with van der Waals surface area (Å²) in [6, 6.07) is 7.33. The molecule has 0 aliphatic carbocycles. The third-order valence-electron chi connectivity index (χ3n) is 4.48. The van der Waals surface area contributed by atoms with Crippen molar-refractivity contribution >= 4 is 12.1 Å². The SMILES string of the molecule is CC(=O)ONC(N)c1ccc(OCCCN2CCN(C(=O)OC(C)(C)C)CC2)cc1. The fourth-order valence-electron chi connectivity index (χ4n) is 2.94. The summed E-state index contributed by atoms with van der Waals surface area (Å²) in [5.74, 6) is 0.310. The largest absolute Gasteiger partial charge is 0.494 e. The van der Waals surface area contributed by atoms with Gasteiger partial charge in [0, 0.05) is 39.6 Å². The minimum Gasteiger partial charge on any atom is -0.494 e. The summed E-state index contributed by atoms with van der Waals surface area (Å²) < 4.78 is 11.2. The average molecular weight is 423 g/mol. The van der Waals surface area contributed by atoms with E-state index in [0.29, 0.717) is 19.7 Å². The highest BCUT2D eigenvalue weighted by Crippen LogP contribution is 2.16. The molecule has 168 valence electrons. The summed E-state index contributed by atoms with van der Waals surface area (Å²) in [5, 5.41) is 0. The lowest BCUT2D eigenvalue weighted by molar-refractivity contribution is -0.150. The molecule has 2 rings (SSSR count). The Hall–Kier alpha value is -2.36. The number of rotatable bonds is 8. The molecule has 1 aliphatic rings. The fraction of sp³-hybridized carbons (Fsp3) is 0.619. The molecule has 30 heavy (non-hydrogen) atoms. The average Bonchev–Trinajstić information content (AvgIpc) is 2.69. The van der Waals surface area contributed by atoms with Gasteiger partial charge in [-0.05, 0) is 44.9 Å². The van der Waals surface area contributed by atoms with Crippen molar-refractivity contribution in [2.75, 3.05) is 39.3 Å². The third-order valence-corrected chi connectivity index (χ3v) is 4.48. The number of hydrogen-bond donors (Lipinski definition) is 2. The third kappa shape index (κ3) is 8.56. The van der Waals surface area contributed by atoms with Crippen LogP contribution in [0.15, 0.2) is 24.3 Å². The van der Waals surface area contributed by atoms with Crippen LogP contribution in [0.25, 0.3) is 0 Å². The maximum absolute atomic E-state index is 12.1. The fourth-order valence-corrected chi connectivity index (χ4v) is 2.94. The molecule has 0 saturated carbocycles. The zero-order valence-corrected chi connectivity index (χ0v) is 18.3. The van der Waals surface area contributed by atoms with Gasteiger partial charge >= 0.3 is 12.1 Å². The first-order chi connectivity index (χ1) is 14.1. The van der Waals surface area contributed by atoms with E-state index in [9.17, 15) is 9.59 Å². The molecule has 1 aromatic rings. The Kier molecular flexibility index (Phi) is 8.88. The summed E-state index contributed by atoms with van der Waals surface area (Å²) in [5.41, 5.74) is 8.69. The Morgan fingerprint density at radius 3 is 2.33 bits per heavy atom. The predicted molar refractivity (Wildman–Crippen MR) is 113 cm³/mol. The highest BCUT2D eigenvalue weighted by Gasteiger charge is 2.25. The summed E-state index contributed by atoms with van der Waals surface area (Å²) in [6.07, 6.45) is 0.0563. The first kappa shape index (κ1) is 23.9. The molecule has 0 aromatic heterocycles. The first-order valence-electron chi connectivity index (χ1n) is 10.3. The van der Waals surface area contributed by atoms with Crippen LogP contribution >= 0.6 is 0 Å². The van der Waals surface area contributed by atoms with E-state index in [1.807, 2.05) is 45.0 Å². The maximum Gasteiger partial charge on any atom is 0.410 e. The summed E-state index contributed by atoms with van der Waals surface area (Å²) in [4.78, 5) is 31.7. The predicted octanol–water partition coefficient (Wildman–Crippen LogP) is 2.03. The van der Waals surface area contributed by atoms with E-state index in [2.05, 4.69) is 15.2 Å². The number of piperazine rings is 1. The molecule has 0 spiro atoms. The summed E-state index contributed by atoms with van der Waals surface area (Å²) in [6.45, 7) is 11.5. The van der Waals surface area contributed by atoms with E-state index >= 15 is 0 Å². The molecule has 1 unspecified atom stereocenters. The van der Waals surface area contributed by atoms with Crippen molar-refractivity contribution in [2.24, 2.45) is 5.73 Å². The number of nitrogens with zero attached hydrogens (tertiary/aromatic N) is 2. The van der Waals surface area contributed by atoms with Crippen molar-refractivity contribution < 1.29 is 23.9 Å². The van der Waals surface area contributed by atoms with Crippen molar-refractivity contribution in [3.8, 4) is 5.75 Å². The molecule has 1 saturated heterocycles. The van der Waals surface area contributed by atoms with Gasteiger partial charge in [0.15, 0.2) is 0 Å². The van der Waals surface area contributed by atoms with Crippen molar-refractivity contribution in [1.82, 2.24) is 15.3 Å². The number of nitrogens with one attached hydrogen (secondary N) is 1. The van der Waals surface area contributed by atoms with E-state index in [1.54, 1.807) is 4.90 Å². The number of hydrogen-bond acceptors (Lipinski definition) is 8. The Bertz CT molecular complexity index is 682. The molecule has 1 aliphatic heterocycles. The molecule has 1 atom stereocenters. The second-order valence-electron chi connectivity index (χ2n) is 8.27. The quantitative estimate of drug-likeness (QED) is 0.372. The molecule has 3 N–H and O–H groups in total. The monoisotopic (exact) mass is 422 g/mol. The Balaban J connectivity index is 1.63. The first-order valence-corrected chi connectivity index (χ1v) is 10.3. The van der Waals surface area contributed by atoms with E-state index in [4.69, 9.17) is 15.2 Å². The molecule has 1 aromatic carbocycles. The van der Waals surface area contributed by atoms with Gasteiger partial charge in [-0.1, -0.05) is 12.1 Å². The summed E-state index contributed by atoms with van der Waals surface area (Å²) >= 11 is 0. The zero-order valence-electron chi connectivity index (χ0n) is 18.3. The minimum atomic E-state index is -0.595. The molecule has 9 nitrogen and oxygen atoms in total. The number of ether oxygens (including phenoxy) is 2. The van der Waals surface area contributed by atoms with Gasteiger partial charge in [0.25, 0.3) is 0 Å². The second kappa shape index (κ2) is 11.1. The van der Waals surface area contributed by atoms with E-state index in [-0.39, 0.29) is 6.09 Å². The molecule has 1 amide bonds. The number of amides is 1. The van der Waals surface area contributed by atoms with E-state index in [0.717, 1.165) is 37.4 Å². The normalized spacial score (nSPS) is 16.1. The number of carbonyl (C=O) groups excluding carboxylic acids is 2. The smallest absolute Gasteiger partial charge is 0.410 e. The Morgan fingerprint density at radius 2 is 1.77 bits per heavy atom. The van der Waals surface area contributed by atoms with Crippen molar-refractivity contribution in [3.63, 3.8) is 0 Å². The Morgan fingerprint density at radius 1 is 1.13 bits per heavy atom. The van der Waals surface area contributed by atoms with Gasteiger partial charge in [0.05, 0.1) is 6.61 Å². The molecule has 0 bridgehead atoms. The van der Waals surface area contributed by atoms with Gasteiger partial charge in [-0.15, -0.1) is 5.48 Å². The van der Waals surface area contributed by atoms with Crippen LogP contribution in [0.2, 0.25) is 0 Å². The molecule has 1 heterocycles. The molecule has 0 radical (unpaired) electrons. The van der Waals surface area contributed by atoms with Gasteiger partial charge in [0.1, 0.15) is 17.5 Å². The molecule has 9 heteroatoms. The van der Waals surface area contributed by atoms with Crippen molar-refractivity contribution in [2.45, 2.75) is 45.9 Å². The Labute approximate surface area is 178 Å². The van der Waals surface area contributed by atoms with Gasteiger partial charge in [-0.3, -0.25) is 9.69 Å². The highest BCUT2D eigenvalue weighted by molar-refractivity contribution is 5.68. The van der Waals surface area contributed by atoms with Crippen molar-refractivity contribution in [1.29, 1.82) is 0 Å². The lowest BCUT2D eigenvalue weighted by atomic mass is 10.2. The number of nitrogens with two attached hydrogens (primary N) is 1. The zero-order chi connectivity index (χ0) is 22.1. The van der Waals surface area contributed by atoms with Crippen LogP contribution in [-0.2, 0) is 14.4 Å². The minimum absolute atomic E-state index is 0.239. The number of carbonyl (C=O) groups is 2. The van der Waals surface area contributed by atoms with Crippen LogP contribution in [0.3, 0.4) is 0 Å². The van der Waals surface area contributed by atoms with Crippen LogP contribution in [0.5, 0.6) is 5.75 Å². The van der Waals surface area contributed by atoms with E-state index < -0.39 is 17.7 Å². The van der Waals surface area contributed by atoms with Crippen LogP contribution in [0.4, 0.5) is 4.79 Å². The summed E-state index contributed by atoms with van der Waals surface area (Å²) in [7, 11) is 0. The van der Waals surface area contributed by atoms with Crippen LogP contribution in [0.1, 0.15) is 45.8 Å². The van der Waals surface area contributed by atoms with Gasteiger partial charge in [-0.2, -0.15) is 0 Å². The number of benzene rings is 1. The molecule has 1 fully saturated rings. The van der Waals surface area contributed by atoms with Crippen LogP contribution in [-0.4, -0.2) is 66.8 Å². The lowest BCUT2D eigenvalue weighted by Gasteiger charge is -2.35. The van der Waals surface area contributed by atoms with Gasteiger partial charge in [0.2, 0.25) is 0 Å². The van der Waals surface area contributed by atoms with E-state index in [1.165, 1.54) is 6.92 Å². The van der Waals surface area contributed by atoms with Crippen LogP contribution < -0.4 is 16.0 Å². The highest BCUT2D eigenvalue weighted by atomic mass is 16.7. The van der Waals surface area contributed by atoms with Gasteiger partial charge in [-0.25, -0.2) is 4.79 Å². The molecular weight excluding hydrogens is 388 g/mol. The molecular formula is C21H34N4O5. The maximum atomic E-state index is 12.1. The second-order valence-corrected chi connectivity index (χ2v) is 8.27.